The molecule has 252 valence electrons. The van der Waals surface area contributed by atoms with Gasteiger partial charge in [-0.25, -0.2) is 9.97 Å². The van der Waals surface area contributed by atoms with E-state index in [4.69, 9.17) is 9.97 Å². The van der Waals surface area contributed by atoms with Gasteiger partial charge in [0.15, 0.2) is 5.82 Å². The van der Waals surface area contributed by atoms with Gasteiger partial charge in [-0.15, -0.1) is 0 Å². The Morgan fingerprint density at radius 3 is 1.20 bits per heavy atom. The first-order chi connectivity index (χ1) is 26.7. The number of hydrogen-bond acceptors (Lipinski definition) is 3. The van der Waals surface area contributed by atoms with Crippen LogP contribution < -0.4 is 0 Å². The average Bonchev–Trinajstić information content (AvgIpc) is 3.27. The molecule has 3 heteroatoms. The van der Waals surface area contributed by atoms with E-state index in [1.807, 2.05) is 30.5 Å². The number of hydrogen-bond donors (Lipinski definition) is 0. The van der Waals surface area contributed by atoms with Gasteiger partial charge in [-0.05, 0) is 78.8 Å². The summed E-state index contributed by atoms with van der Waals surface area (Å²) in [6.07, 6.45) is 1.82. The second-order valence-electron chi connectivity index (χ2n) is 13.6. The maximum atomic E-state index is 5.15. The molecule has 54 heavy (non-hydrogen) atoms. The summed E-state index contributed by atoms with van der Waals surface area (Å²) in [5, 5.41) is 7.65. The Kier molecular flexibility index (Phi) is 7.81. The predicted octanol–water partition coefficient (Wildman–Crippen LogP) is 13.3. The summed E-state index contributed by atoms with van der Waals surface area (Å²) >= 11 is 0. The Morgan fingerprint density at radius 1 is 0.241 bits per heavy atom. The predicted molar refractivity (Wildman–Crippen MR) is 225 cm³/mol. The lowest BCUT2D eigenvalue weighted by atomic mass is 9.92. The van der Waals surface area contributed by atoms with Crippen molar-refractivity contribution in [1.29, 1.82) is 0 Å². The fourth-order valence-corrected chi connectivity index (χ4v) is 7.58. The Bertz CT molecular complexity index is 2800. The highest BCUT2D eigenvalue weighted by Crippen LogP contribution is 2.38. The van der Waals surface area contributed by atoms with Gasteiger partial charge in [0, 0.05) is 28.5 Å². The average molecular weight is 688 g/mol. The fraction of sp³-hybridized carbons (Fsp3) is 0. The topological polar surface area (TPSA) is 38.7 Å². The monoisotopic (exact) mass is 687 g/mol. The zero-order valence-electron chi connectivity index (χ0n) is 29.4. The van der Waals surface area contributed by atoms with Crippen LogP contribution in [-0.4, -0.2) is 15.0 Å². The summed E-state index contributed by atoms with van der Waals surface area (Å²) < 4.78 is 0. The van der Waals surface area contributed by atoms with E-state index in [0.29, 0.717) is 5.82 Å². The van der Waals surface area contributed by atoms with Gasteiger partial charge >= 0.3 is 0 Å². The van der Waals surface area contributed by atoms with E-state index in [2.05, 4.69) is 175 Å². The first-order valence-corrected chi connectivity index (χ1v) is 18.3. The molecule has 0 saturated carbocycles. The zero-order chi connectivity index (χ0) is 35.8. The van der Waals surface area contributed by atoms with E-state index < -0.39 is 0 Å². The van der Waals surface area contributed by atoms with Gasteiger partial charge in [0.2, 0.25) is 0 Å². The molecular weight excluding hydrogens is 655 g/mol. The van der Waals surface area contributed by atoms with Gasteiger partial charge in [-0.2, -0.15) is 0 Å². The lowest BCUT2D eigenvalue weighted by molar-refractivity contribution is 1.18. The lowest BCUT2D eigenvalue weighted by Crippen LogP contribution is -1.96. The van der Waals surface area contributed by atoms with Crippen LogP contribution in [0.25, 0.3) is 99.7 Å². The summed E-state index contributed by atoms with van der Waals surface area (Å²) in [4.78, 5) is 14.8. The molecule has 8 aromatic carbocycles. The molecule has 10 rings (SSSR count). The van der Waals surface area contributed by atoms with Crippen molar-refractivity contribution < 1.29 is 0 Å². The second kappa shape index (κ2) is 13.4. The molecule has 0 N–H and O–H groups in total. The molecule has 0 unspecified atom stereocenters. The van der Waals surface area contributed by atoms with E-state index in [1.165, 1.54) is 49.0 Å². The minimum absolute atomic E-state index is 0.686. The highest BCUT2D eigenvalue weighted by Gasteiger charge is 2.14. The summed E-state index contributed by atoms with van der Waals surface area (Å²) in [5.74, 6) is 0.686. The number of aromatic nitrogens is 3. The van der Waals surface area contributed by atoms with Crippen LogP contribution in [0.1, 0.15) is 0 Å². The first kappa shape index (κ1) is 31.5. The van der Waals surface area contributed by atoms with Gasteiger partial charge in [0.1, 0.15) is 0 Å². The van der Waals surface area contributed by atoms with Crippen LogP contribution in [0.15, 0.2) is 200 Å². The molecule has 2 heterocycles. The van der Waals surface area contributed by atoms with Crippen molar-refractivity contribution in [3.05, 3.63) is 200 Å². The number of benzene rings is 8. The molecule has 0 bridgehead atoms. The Hall–Kier alpha value is -7.23. The van der Waals surface area contributed by atoms with Gasteiger partial charge in [0.05, 0.1) is 17.1 Å². The molecule has 3 nitrogen and oxygen atoms in total. The highest BCUT2D eigenvalue weighted by atomic mass is 14.9. The quantitative estimate of drug-likeness (QED) is 0.163. The lowest BCUT2D eigenvalue weighted by Gasteiger charge is -2.13. The minimum Gasteiger partial charge on any atom is -0.256 e. The number of rotatable bonds is 6. The van der Waals surface area contributed by atoms with E-state index in [0.717, 1.165) is 44.9 Å². The van der Waals surface area contributed by atoms with E-state index in [1.54, 1.807) is 0 Å². The van der Waals surface area contributed by atoms with Crippen LogP contribution in [0.5, 0.6) is 0 Å². The van der Waals surface area contributed by atoms with Crippen molar-refractivity contribution in [2.45, 2.75) is 0 Å². The molecule has 0 aliphatic heterocycles. The van der Waals surface area contributed by atoms with Crippen LogP contribution in [-0.2, 0) is 0 Å². The van der Waals surface area contributed by atoms with Crippen molar-refractivity contribution in [2.75, 3.05) is 0 Å². The maximum Gasteiger partial charge on any atom is 0.160 e. The van der Waals surface area contributed by atoms with Gasteiger partial charge in [-0.3, -0.25) is 4.98 Å². The maximum absolute atomic E-state index is 5.15. The Balaban J connectivity index is 1.04. The van der Waals surface area contributed by atoms with E-state index >= 15 is 0 Å². The van der Waals surface area contributed by atoms with Gasteiger partial charge in [-0.1, -0.05) is 170 Å². The van der Waals surface area contributed by atoms with Crippen LogP contribution in [0, 0.1) is 0 Å². The molecule has 0 aliphatic carbocycles. The minimum atomic E-state index is 0.686. The third kappa shape index (κ3) is 5.78. The summed E-state index contributed by atoms with van der Waals surface area (Å²) in [5.41, 5.74) is 11.5. The number of pyridine rings is 1. The molecule has 0 amide bonds. The van der Waals surface area contributed by atoms with E-state index in [-0.39, 0.29) is 0 Å². The van der Waals surface area contributed by atoms with Gasteiger partial charge < -0.3 is 0 Å². The molecular formula is C51H33N3. The largest absolute Gasteiger partial charge is 0.256 e. The van der Waals surface area contributed by atoms with Crippen molar-refractivity contribution in [3.8, 4) is 67.4 Å². The third-order valence-electron chi connectivity index (χ3n) is 10.4. The van der Waals surface area contributed by atoms with Crippen molar-refractivity contribution >= 4 is 32.3 Å². The first-order valence-electron chi connectivity index (χ1n) is 18.3. The van der Waals surface area contributed by atoms with Crippen LogP contribution in [0.2, 0.25) is 0 Å². The normalized spacial score (nSPS) is 11.3. The zero-order valence-corrected chi connectivity index (χ0v) is 29.4. The summed E-state index contributed by atoms with van der Waals surface area (Å²) in [6.45, 7) is 0. The van der Waals surface area contributed by atoms with Crippen LogP contribution in [0.4, 0.5) is 0 Å². The molecule has 0 fully saturated rings. The molecule has 2 aromatic heterocycles. The van der Waals surface area contributed by atoms with Crippen molar-refractivity contribution in [3.63, 3.8) is 0 Å². The van der Waals surface area contributed by atoms with Crippen LogP contribution >= 0.6 is 0 Å². The molecule has 0 atom stereocenters. The van der Waals surface area contributed by atoms with E-state index in [9.17, 15) is 0 Å². The Morgan fingerprint density at radius 2 is 0.648 bits per heavy atom. The summed E-state index contributed by atoms with van der Waals surface area (Å²) in [6, 6.07) is 68.5. The fourth-order valence-electron chi connectivity index (χ4n) is 7.58. The SMILES string of the molecule is c1ccc(-c2ccc(-c3cc(-c4ccc(-c5ccccn5)cc4)nc(-c4ccc(-c5ccc6c7ccccc7c7ccccc7c6c5)cc4)n3)cc2)cc1. The molecule has 0 aliphatic rings. The Labute approximate surface area is 313 Å². The smallest absolute Gasteiger partial charge is 0.160 e. The second-order valence-corrected chi connectivity index (χ2v) is 13.6. The summed E-state index contributed by atoms with van der Waals surface area (Å²) in [7, 11) is 0. The highest BCUT2D eigenvalue weighted by molar-refractivity contribution is 6.25. The number of fused-ring (bicyclic) bond motifs is 6. The van der Waals surface area contributed by atoms with Crippen molar-refractivity contribution in [2.24, 2.45) is 0 Å². The molecule has 0 spiro atoms. The molecule has 10 aromatic rings. The third-order valence-corrected chi connectivity index (χ3v) is 10.4. The standard InChI is InChI=1S/C51H33N3/c1-2-10-34(11-3-1)35-17-21-38(22-18-35)49-33-50(39-25-23-37(24-26-39)48-16-8-9-31-52-48)54-51(53-49)40-27-19-36(20-28-40)41-29-30-46-44-14-5-4-12-42(44)43-13-6-7-15-45(43)47(46)32-41/h1-33H. The van der Waals surface area contributed by atoms with Gasteiger partial charge in [0.25, 0.3) is 0 Å². The molecule has 0 radical (unpaired) electrons. The number of nitrogens with zero attached hydrogens (tertiary/aromatic N) is 3. The van der Waals surface area contributed by atoms with Crippen LogP contribution in [0.3, 0.4) is 0 Å². The molecule has 0 saturated heterocycles. The van der Waals surface area contributed by atoms with Crippen molar-refractivity contribution in [1.82, 2.24) is 15.0 Å².